The zero-order valence-electron chi connectivity index (χ0n) is 16.8. The van der Waals surface area contributed by atoms with E-state index < -0.39 is 0 Å². The van der Waals surface area contributed by atoms with Crippen molar-refractivity contribution in [1.82, 2.24) is 4.98 Å². The molecule has 6 heteroatoms. The first-order valence-electron chi connectivity index (χ1n) is 10.4. The van der Waals surface area contributed by atoms with Gasteiger partial charge in [-0.25, -0.2) is 0 Å². The van der Waals surface area contributed by atoms with Crippen molar-refractivity contribution in [2.75, 3.05) is 17.4 Å². The van der Waals surface area contributed by atoms with Crippen LogP contribution < -0.4 is 20.1 Å². The molecule has 2 aliphatic heterocycles. The number of rotatable bonds is 2. The largest absolute Gasteiger partial charge is 0.454 e. The second-order valence-corrected chi connectivity index (χ2v) is 8.07. The van der Waals surface area contributed by atoms with Crippen LogP contribution in [0, 0.1) is 0 Å². The number of nitrogens with zero attached hydrogens (tertiary/aromatic N) is 1. The number of anilines is 2. The molecule has 3 heterocycles. The second kappa shape index (κ2) is 7.16. The number of pyridine rings is 1. The fourth-order valence-electron chi connectivity index (χ4n) is 4.69. The molecule has 0 saturated heterocycles. The maximum atomic E-state index is 13.5. The normalized spacial score (nSPS) is 21.5. The summed E-state index contributed by atoms with van der Waals surface area (Å²) in [6.45, 7) is 0.245. The van der Waals surface area contributed by atoms with Crippen LogP contribution in [0.4, 0.5) is 11.4 Å². The molecule has 2 N–H and O–H groups in total. The number of carbonyl (C=O) groups excluding carboxylic acids is 1. The minimum atomic E-state index is -0.245. The van der Waals surface area contributed by atoms with Crippen LogP contribution in [0.3, 0.4) is 0 Å². The molecule has 0 bridgehead atoms. The Kier molecular flexibility index (Phi) is 4.16. The van der Waals surface area contributed by atoms with Gasteiger partial charge >= 0.3 is 0 Å². The van der Waals surface area contributed by atoms with Crippen LogP contribution in [0.2, 0.25) is 0 Å². The molecule has 1 aliphatic carbocycles. The fourth-order valence-corrected chi connectivity index (χ4v) is 4.69. The molecular weight excluding hydrogens is 390 g/mol. The Morgan fingerprint density at radius 3 is 2.65 bits per heavy atom. The third-order valence-electron chi connectivity index (χ3n) is 6.19. The Labute approximate surface area is 179 Å². The minimum absolute atomic E-state index is 0.0769. The van der Waals surface area contributed by atoms with E-state index in [-0.39, 0.29) is 24.5 Å². The maximum Gasteiger partial charge on any atom is 0.231 e. The summed E-state index contributed by atoms with van der Waals surface area (Å²) in [6, 6.07) is 17.7. The number of para-hydroxylation sites is 2. The lowest BCUT2D eigenvalue weighted by Crippen LogP contribution is -2.26. The molecule has 6 nitrogen and oxygen atoms in total. The molecule has 2 aromatic carbocycles. The summed E-state index contributed by atoms with van der Waals surface area (Å²) in [4.78, 5) is 17.8. The highest BCUT2D eigenvalue weighted by atomic mass is 16.7. The van der Waals surface area contributed by atoms with Crippen LogP contribution in [0.1, 0.15) is 35.9 Å². The number of aromatic nitrogens is 1. The van der Waals surface area contributed by atoms with Gasteiger partial charge in [0.15, 0.2) is 17.3 Å². The summed E-state index contributed by atoms with van der Waals surface area (Å²) in [6.07, 6.45) is 4.77. The smallest absolute Gasteiger partial charge is 0.231 e. The number of carbonyl (C=O) groups is 1. The summed E-state index contributed by atoms with van der Waals surface area (Å²) in [5, 5.41) is 7.14. The monoisotopic (exact) mass is 411 g/mol. The van der Waals surface area contributed by atoms with Gasteiger partial charge in [-0.3, -0.25) is 9.78 Å². The third-order valence-corrected chi connectivity index (χ3v) is 6.19. The Hall–Kier alpha value is -3.80. The van der Waals surface area contributed by atoms with Crippen LogP contribution in [0.25, 0.3) is 0 Å². The van der Waals surface area contributed by atoms with Gasteiger partial charge in [-0.2, -0.15) is 0 Å². The molecule has 31 heavy (non-hydrogen) atoms. The molecule has 0 unspecified atom stereocenters. The highest BCUT2D eigenvalue weighted by molar-refractivity contribution is 6.01. The van der Waals surface area contributed by atoms with E-state index in [4.69, 9.17) is 9.47 Å². The lowest BCUT2D eigenvalue weighted by molar-refractivity contribution is -0.116. The number of hydrogen-bond acceptors (Lipinski definition) is 6. The second-order valence-electron chi connectivity index (χ2n) is 8.07. The first kappa shape index (κ1) is 18.0. The third kappa shape index (κ3) is 3.11. The van der Waals surface area contributed by atoms with Gasteiger partial charge in [0.1, 0.15) is 0 Å². The summed E-state index contributed by atoms with van der Waals surface area (Å²) in [7, 11) is 0. The van der Waals surface area contributed by atoms with E-state index in [1.54, 1.807) is 6.20 Å². The van der Waals surface area contributed by atoms with E-state index in [1.165, 1.54) is 0 Å². The molecule has 0 spiro atoms. The number of Topliss-reactive ketones (excluding diaryl/α,β-unsaturated/α-hetero) is 1. The molecule has 6 rings (SSSR count). The number of hydrogen-bond donors (Lipinski definition) is 2. The Bertz CT molecular complexity index is 1210. The van der Waals surface area contributed by atoms with Crippen LogP contribution in [-0.2, 0) is 4.79 Å². The quantitative estimate of drug-likeness (QED) is 0.632. The van der Waals surface area contributed by atoms with Gasteiger partial charge in [-0.05, 0) is 53.8 Å². The number of allylic oxidation sites excluding steroid dienone is 1. The zero-order valence-corrected chi connectivity index (χ0v) is 16.8. The van der Waals surface area contributed by atoms with Gasteiger partial charge in [0.05, 0.1) is 17.4 Å². The van der Waals surface area contributed by atoms with Crippen molar-refractivity contribution in [3.05, 3.63) is 89.4 Å². The number of ketones is 1. The number of benzene rings is 2. The Morgan fingerprint density at radius 1 is 0.903 bits per heavy atom. The van der Waals surface area contributed by atoms with Crippen molar-refractivity contribution in [3.8, 4) is 11.5 Å². The van der Waals surface area contributed by atoms with Gasteiger partial charge < -0.3 is 20.1 Å². The fraction of sp³-hybridized carbons (Fsp3) is 0.200. The lowest BCUT2D eigenvalue weighted by atomic mass is 9.78. The Balaban J connectivity index is 1.43. The molecule has 3 aromatic rings. The van der Waals surface area contributed by atoms with E-state index in [9.17, 15) is 4.79 Å². The topological polar surface area (TPSA) is 72.5 Å². The van der Waals surface area contributed by atoms with E-state index in [0.29, 0.717) is 6.42 Å². The molecule has 0 saturated carbocycles. The molecule has 3 aliphatic rings. The zero-order chi connectivity index (χ0) is 20.8. The lowest BCUT2D eigenvalue weighted by Gasteiger charge is -2.29. The first-order chi connectivity index (χ1) is 15.3. The van der Waals surface area contributed by atoms with Crippen LogP contribution in [0.5, 0.6) is 11.5 Å². The van der Waals surface area contributed by atoms with Crippen LogP contribution in [-0.4, -0.2) is 17.6 Å². The van der Waals surface area contributed by atoms with Crippen molar-refractivity contribution in [2.24, 2.45) is 0 Å². The maximum absolute atomic E-state index is 13.5. The summed E-state index contributed by atoms with van der Waals surface area (Å²) < 4.78 is 11.0. The number of ether oxygens (including phenoxy) is 2. The van der Waals surface area contributed by atoms with Gasteiger partial charge in [-0.15, -0.1) is 0 Å². The molecule has 1 aromatic heterocycles. The molecule has 154 valence electrons. The van der Waals surface area contributed by atoms with E-state index in [0.717, 1.165) is 51.7 Å². The predicted molar refractivity (Wildman–Crippen MR) is 117 cm³/mol. The predicted octanol–water partition coefficient (Wildman–Crippen LogP) is 4.79. The summed E-state index contributed by atoms with van der Waals surface area (Å²) in [5.74, 6) is 1.73. The van der Waals surface area contributed by atoms with E-state index >= 15 is 0 Å². The van der Waals surface area contributed by atoms with Gasteiger partial charge in [0.25, 0.3) is 0 Å². The Morgan fingerprint density at radius 2 is 1.77 bits per heavy atom. The molecule has 0 radical (unpaired) electrons. The number of fused-ring (bicyclic) bond motifs is 2. The van der Waals surface area contributed by atoms with Crippen LogP contribution in [0.15, 0.2) is 78.3 Å². The highest BCUT2D eigenvalue weighted by Gasteiger charge is 2.36. The van der Waals surface area contributed by atoms with Crippen molar-refractivity contribution in [2.45, 2.75) is 24.8 Å². The molecule has 0 fully saturated rings. The van der Waals surface area contributed by atoms with Crippen molar-refractivity contribution in [3.63, 3.8) is 0 Å². The van der Waals surface area contributed by atoms with Crippen LogP contribution >= 0.6 is 0 Å². The van der Waals surface area contributed by atoms with E-state index in [1.807, 2.05) is 60.8 Å². The molecular formula is C25H21N3O3. The summed E-state index contributed by atoms with van der Waals surface area (Å²) in [5.41, 5.74) is 5.77. The molecule has 2 atom stereocenters. The SMILES string of the molecule is O=C1C[C@@H](c2ccc3c(c2)OCO3)CC2=C1[C@@H](c1cccnc1)Nc1ccccc1N2. The van der Waals surface area contributed by atoms with Crippen molar-refractivity contribution in [1.29, 1.82) is 0 Å². The first-order valence-corrected chi connectivity index (χ1v) is 10.4. The average molecular weight is 411 g/mol. The van der Waals surface area contributed by atoms with Crippen molar-refractivity contribution < 1.29 is 14.3 Å². The van der Waals surface area contributed by atoms with Gasteiger partial charge in [0.2, 0.25) is 6.79 Å². The standard InChI is InChI=1S/C25H21N3O3/c29-21-11-17(15-7-8-22-23(12-15)31-14-30-22)10-20-24(21)25(16-4-3-9-26-13-16)28-19-6-2-1-5-18(19)27-20/h1-9,12-13,17,25,27-28H,10-11,14H2/t17-,25+/m0/s1. The van der Waals surface area contributed by atoms with Gasteiger partial charge in [0, 0.05) is 30.1 Å². The van der Waals surface area contributed by atoms with Crippen molar-refractivity contribution >= 4 is 17.2 Å². The molecule has 0 amide bonds. The van der Waals surface area contributed by atoms with Gasteiger partial charge in [-0.1, -0.05) is 24.3 Å². The number of nitrogens with one attached hydrogen (secondary N) is 2. The average Bonchev–Trinajstić information content (AvgIpc) is 3.20. The highest BCUT2D eigenvalue weighted by Crippen LogP contribution is 2.45. The minimum Gasteiger partial charge on any atom is -0.454 e. The summed E-state index contributed by atoms with van der Waals surface area (Å²) >= 11 is 0. The van der Waals surface area contributed by atoms with E-state index in [2.05, 4.69) is 15.6 Å².